The van der Waals surface area contributed by atoms with Gasteiger partial charge in [-0.25, -0.2) is 4.98 Å². The summed E-state index contributed by atoms with van der Waals surface area (Å²) in [7, 11) is 1.46. The lowest BCUT2D eigenvalue weighted by Gasteiger charge is -2.12. The van der Waals surface area contributed by atoms with Crippen LogP contribution in [0, 0.1) is 0 Å². The van der Waals surface area contributed by atoms with Crippen LogP contribution in [0.3, 0.4) is 0 Å². The van der Waals surface area contributed by atoms with Gasteiger partial charge < -0.3 is 14.5 Å². The van der Waals surface area contributed by atoms with Gasteiger partial charge in [0, 0.05) is 11.1 Å². The maximum atomic E-state index is 12.2. The molecule has 0 saturated carbocycles. The highest BCUT2D eigenvalue weighted by molar-refractivity contribution is 5.79. The van der Waals surface area contributed by atoms with Crippen molar-refractivity contribution in [1.29, 1.82) is 0 Å². The van der Waals surface area contributed by atoms with E-state index >= 15 is 0 Å². The largest absolute Gasteiger partial charge is 0.496 e. The average Bonchev–Trinajstić information content (AvgIpc) is 2.97. The van der Waals surface area contributed by atoms with E-state index in [1.54, 1.807) is 18.2 Å². The van der Waals surface area contributed by atoms with Crippen LogP contribution in [-0.4, -0.2) is 29.9 Å². The normalized spacial score (nSPS) is 11.8. The number of imidazole rings is 1. The fraction of sp³-hybridized carbons (Fsp3) is 0.235. The molecular weight excluding hydrogens is 321 g/mol. The smallest absolute Gasteiger partial charge is 0.411 e. The Balaban J connectivity index is 1.87. The molecule has 0 bridgehead atoms. The summed E-state index contributed by atoms with van der Waals surface area (Å²) in [6, 6.07) is 12.8. The Labute approximate surface area is 136 Å². The van der Waals surface area contributed by atoms with Crippen molar-refractivity contribution in [2.24, 2.45) is 0 Å². The van der Waals surface area contributed by atoms with Crippen molar-refractivity contribution in [3.8, 4) is 17.1 Å². The molecular formula is C17H15F3N2O2. The lowest BCUT2D eigenvalue weighted by atomic mass is 10.1. The Hall–Kier alpha value is -2.54. The van der Waals surface area contributed by atoms with Gasteiger partial charge in [-0.15, -0.1) is 0 Å². The first kappa shape index (κ1) is 16.3. The zero-order valence-corrected chi connectivity index (χ0v) is 12.9. The third-order valence-electron chi connectivity index (χ3n) is 3.47. The predicted molar refractivity (Wildman–Crippen MR) is 83.8 cm³/mol. The number of para-hydroxylation sites is 2. The molecule has 4 nitrogen and oxygen atoms in total. The minimum Gasteiger partial charge on any atom is -0.496 e. The number of halogens is 3. The predicted octanol–water partition coefficient (Wildman–Crippen LogP) is 4.32. The maximum absolute atomic E-state index is 12.2. The Morgan fingerprint density at radius 3 is 2.62 bits per heavy atom. The lowest BCUT2D eigenvalue weighted by molar-refractivity contribution is -0.176. The Bertz CT molecular complexity index is 810. The lowest BCUT2D eigenvalue weighted by Crippen LogP contribution is -2.16. The average molecular weight is 336 g/mol. The van der Waals surface area contributed by atoms with Crippen molar-refractivity contribution in [2.75, 3.05) is 13.7 Å². The number of hydrogen-bond acceptors (Lipinski definition) is 3. The van der Waals surface area contributed by atoms with E-state index in [4.69, 9.17) is 9.47 Å². The van der Waals surface area contributed by atoms with Crippen LogP contribution in [-0.2, 0) is 11.3 Å². The summed E-state index contributed by atoms with van der Waals surface area (Å²) >= 11 is 0. The van der Waals surface area contributed by atoms with E-state index in [1.165, 1.54) is 7.11 Å². The van der Waals surface area contributed by atoms with Gasteiger partial charge in [0.05, 0.1) is 24.8 Å². The molecule has 2 aromatic carbocycles. The maximum Gasteiger partial charge on any atom is 0.411 e. The molecule has 1 aromatic heterocycles. The number of aromatic amines is 1. The molecule has 0 atom stereocenters. The standard InChI is InChI=1S/C17H15F3N2O2/c1-23-15-7-6-11(8-12(15)9-24-10-17(18,19)20)16-21-13-4-2-3-5-14(13)22-16/h2-8H,9-10H2,1H3,(H,21,22). The van der Waals surface area contributed by atoms with Crippen LogP contribution in [0.4, 0.5) is 13.2 Å². The monoisotopic (exact) mass is 336 g/mol. The molecule has 0 unspecified atom stereocenters. The van der Waals surface area contributed by atoms with E-state index in [0.29, 0.717) is 17.1 Å². The quantitative estimate of drug-likeness (QED) is 0.755. The summed E-state index contributed by atoms with van der Waals surface area (Å²) in [6.45, 7) is -1.50. The van der Waals surface area contributed by atoms with Crippen LogP contribution >= 0.6 is 0 Å². The number of nitrogens with one attached hydrogen (secondary N) is 1. The number of rotatable bonds is 5. The molecule has 1 heterocycles. The van der Waals surface area contributed by atoms with E-state index in [1.807, 2.05) is 24.3 Å². The first-order valence-electron chi connectivity index (χ1n) is 7.23. The molecule has 0 aliphatic rings. The number of fused-ring (bicyclic) bond motifs is 1. The number of nitrogens with zero attached hydrogens (tertiary/aromatic N) is 1. The van der Waals surface area contributed by atoms with Crippen LogP contribution in [0.25, 0.3) is 22.4 Å². The minimum atomic E-state index is -4.36. The summed E-state index contributed by atoms with van der Waals surface area (Å²) in [5.41, 5.74) is 2.98. The third-order valence-corrected chi connectivity index (χ3v) is 3.47. The Morgan fingerprint density at radius 1 is 1.12 bits per heavy atom. The molecule has 0 spiro atoms. The van der Waals surface area contributed by atoms with Crippen molar-refractivity contribution >= 4 is 11.0 Å². The number of ether oxygens (including phenoxy) is 2. The van der Waals surface area contributed by atoms with E-state index < -0.39 is 12.8 Å². The molecule has 0 fully saturated rings. The number of H-pyrrole nitrogens is 1. The van der Waals surface area contributed by atoms with E-state index in [2.05, 4.69) is 9.97 Å². The number of alkyl halides is 3. The SMILES string of the molecule is COc1ccc(-c2nc3ccccc3[nH]2)cc1COCC(F)(F)F. The van der Waals surface area contributed by atoms with Gasteiger partial charge in [0.1, 0.15) is 18.2 Å². The molecule has 1 N–H and O–H groups in total. The molecule has 0 aliphatic heterocycles. The molecule has 126 valence electrons. The second-order valence-electron chi connectivity index (χ2n) is 5.24. The Morgan fingerprint density at radius 2 is 1.92 bits per heavy atom. The molecule has 0 amide bonds. The molecule has 0 saturated heterocycles. The van der Waals surface area contributed by atoms with Gasteiger partial charge in [0.15, 0.2) is 0 Å². The van der Waals surface area contributed by atoms with Crippen LogP contribution in [0.15, 0.2) is 42.5 Å². The Kier molecular flexibility index (Phi) is 4.44. The third kappa shape index (κ3) is 3.68. The number of methoxy groups -OCH3 is 1. The fourth-order valence-corrected chi connectivity index (χ4v) is 2.40. The summed E-state index contributed by atoms with van der Waals surface area (Å²) in [4.78, 5) is 7.67. The minimum absolute atomic E-state index is 0.198. The highest BCUT2D eigenvalue weighted by Gasteiger charge is 2.27. The van der Waals surface area contributed by atoms with Crippen LogP contribution < -0.4 is 4.74 Å². The van der Waals surface area contributed by atoms with E-state index in [9.17, 15) is 13.2 Å². The van der Waals surface area contributed by atoms with Crippen molar-refractivity contribution in [2.45, 2.75) is 12.8 Å². The van der Waals surface area contributed by atoms with Gasteiger partial charge >= 0.3 is 6.18 Å². The molecule has 3 aromatic rings. The van der Waals surface area contributed by atoms with Crippen molar-refractivity contribution in [3.63, 3.8) is 0 Å². The zero-order valence-electron chi connectivity index (χ0n) is 12.9. The summed E-state index contributed by atoms with van der Waals surface area (Å²) in [6.07, 6.45) is -4.36. The number of aromatic nitrogens is 2. The van der Waals surface area contributed by atoms with Crippen LogP contribution in [0.5, 0.6) is 5.75 Å². The zero-order chi connectivity index (χ0) is 17.2. The van der Waals surface area contributed by atoms with Crippen molar-refractivity contribution in [1.82, 2.24) is 9.97 Å². The molecule has 24 heavy (non-hydrogen) atoms. The van der Waals surface area contributed by atoms with Gasteiger partial charge in [-0.3, -0.25) is 0 Å². The van der Waals surface area contributed by atoms with Gasteiger partial charge in [-0.05, 0) is 30.3 Å². The van der Waals surface area contributed by atoms with Crippen LogP contribution in [0.1, 0.15) is 5.56 Å². The fourth-order valence-electron chi connectivity index (χ4n) is 2.40. The molecule has 0 aliphatic carbocycles. The summed E-state index contributed by atoms with van der Waals surface area (Å²) in [5, 5.41) is 0. The van der Waals surface area contributed by atoms with Gasteiger partial charge in [-0.2, -0.15) is 13.2 Å². The number of hydrogen-bond donors (Lipinski definition) is 1. The van der Waals surface area contributed by atoms with Crippen LogP contribution in [0.2, 0.25) is 0 Å². The van der Waals surface area contributed by atoms with Gasteiger partial charge in [-0.1, -0.05) is 12.1 Å². The topological polar surface area (TPSA) is 47.1 Å². The van der Waals surface area contributed by atoms with Crippen molar-refractivity contribution < 1.29 is 22.6 Å². The summed E-state index contributed by atoms with van der Waals surface area (Å²) < 4.78 is 46.6. The number of benzene rings is 2. The molecule has 0 radical (unpaired) electrons. The first-order valence-corrected chi connectivity index (χ1v) is 7.23. The van der Waals surface area contributed by atoms with Crippen molar-refractivity contribution in [3.05, 3.63) is 48.0 Å². The highest BCUT2D eigenvalue weighted by Crippen LogP contribution is 2.27. The molecule has 3 rings (SSSR count). The second kappa shape index (κ2) is 6.52. The first-order chi connectivity index (χ1) is 11.5. The summed E-state index contributed by atoms with van der Waals surface area (Å²) in [5.74, 6) is 1.10. The van der Waals surface area contributed by atoms with E-state index in [-0.39, 0.29) is 6.61 Å². The van der Waals surface area contributed by atoms with Gasteiger partial charge in [0.2, 0.25) is 0 Å². The highest BCUT2D eigenvalue weighted by atomic mass is 19.4. The second-order valence-corrected chi connectivity index (χ2v) is 5.24. The molecule has 7 heteroatoms. The van der Waals surface area contributed by atoms with Gasteiger partial charge in [0.25, 0.3) is 0 Å². The van der Waals surface area contributed by atoms with E-state index in [0.717, 1.165) is 16.6 Å².